The molecule has 29 heavy (non-hydrogen) atoms. The number of nitrogens with zero attached hydrogens (tertiary/aromatic N) is 4. The highest BCUT2D eigenvalue weighted by Crippen LogP contribution is 2.27. The second-order valence-electron chi connectivity index (χ2n) is 7.62. The van der Waals surface area contributed by atoms with E-state index in [1.807, 2.05) is 26.0 Å². The molecule has 1 aliphatic heterocycles. The molecule has 0 radical (unpaired) electrons. The van der Waals surface area contributed by atoms with Gasteiger partial charge in [-0.15, -0.1) is 11.3 Å². The molecule has 4 rings (SSSR count). The van der Waals surface area contributed by atoms with E-state index in [-0.39, 0.29) is 18.0 Å². The third kappa shape index (κ3) is 4.11. The van der Waals surface area contributed by atoms with Crippen LogP contribution >= 0.6 is 11.3 Å². The van der Waals surface area contributed by atoms with Crippen LogP contribution in [0.5, 0.6) is 0 Å². The first-order valence-electron chi connectivity index (χ1n) is 10.1. The summed E-state index contributed by atoms with van der Waals surface area (Å²) >= 11 is 1.64. The van der Waals surface area contributed by atoms with Gasteiger partial charge in [-0.1, -0.05) is 24.3 Å². The van der Waals surface area contributed by atoms with Gasteiger partial charge in [0.1, 0.15) is 17.0 Å². The first-order valence-corrected chi connectivity index (χ1v) is 11.0. The van der Waals surface area contributed by atoms with Crippen LogP contribution in [0, 0.1) is 6.92 Å². The summed E-state index contributed by atoms with van der Waals surface area (Å²) in [6.07, 6.45) is 1.64. The minimum absolute atomic E-state index is 0.000308. The number of carbonyl (C=O) groups excluding carboxylic acids is 1. The maximum Gasteiger partial charge on any atom is 0.237 e. The lowest BCUT2D eigenvalue weighted by molar-refractivity contribution is -0.126. The second-order valence-corrected chi connectivity index (χ2v) is 8.52. The van der Waals surface area contributed by atoms with Gasteiger partial charge in [-0.2, -0.15) is 0 Å². The van der Waals surface area contributed by atoms with E-state index in [2.05, 4.69) is 55.6 Å². The molecule has 2 atom stereocenters. The number of anilines is 1. The lowest BCUT2D eigenvalue weighted by atomic mass is 10.0. The fourth-order valence-corrected chi connectivity index (χ4v) is 4.73. The molecule has 7 heteroatoms. The zero-order chi connectivity index (χ0) is 20.4. The first-order chi connectivity index (χ1) is 14.0. The Bertz CT molecular complexity index is 996. The van der Waals surface area contributed by atoms with E-state index in [4.69, 9.17) is 0 Å². The van der Waals surface area contributed by atoms with Crippen molar-refractivity contribution in [1.82, 2.24) is 20.2 Å². The standard InChI is InChI=1S/C22H27N5OS/c1-15-6-4-5-7-18(15)16(2)25-21(28)17(3)26-9-11-27(12-10-26)20-19-8-13-29-22(19)24-14-23-20/h4-8,13-14,16-17H,9-12H2,1-3H3,(H,25,28). The molecule has 0 bridgehead atoms. The molecule has 6 nitrogen and oxygen atoms in total. The number of piperazine rings is 1. The largest absolute Gasteiger partial charge is 0.353 e. The van der Waals surface area contributed by atoms with E-state index in [9.17, 15) is 4.79 Å². The molecular formula is C22H27N5OS. The normalized spacial score (nSPS) is 17.3. The van der Waals surface area contributed by atoms with Gasteiger partial charge in [-0.25, -0.2) is 9.97 Å². The Hall–Kier alpha value is -2.51. The van der Waals surface area contributed by atoms with Gasteiger partial charge in [0, 0.05) is 26.2 Å². The predicted octanol–water partition coefficient (Wildman–Crippen LogP) is 3.39. The van der Waals surface area contributed by atoms with Gasteiger partial charge in [0.15, 0.2) is 0 Å². The minimum atomic E-state index is -0.157. The van der Waals surface area contributed by atoms with E-state index in [1.54, 1.807) is 17.7 Å². The Kier molecular flexibility index (Phi) is 5.78. The van der Waals surface area contributed by atoms with Gasteiger partial charge < -0.3 is 10.2 Å². The highest BCUT2D eigenvalue weighted by molar-refractivity contribution is 7.16. The Morgan fingerprint density at radius 3 is 2.62 bits per heavy atom. The van der Waals surface area contributed by atoms with Crippen LogP contribution in [-0.2, 0) is 4.79 Å². The zero-order valence-electron chi connectivity index (χ0n) is 17.1. The van der Waals surface area contributed by atoms with Gasteiger partial charge in [0.05, 0.1) is 17.5 Å². The SMILES string of the molecule is Cc1ccccc1C(C)NC(=O)C(C)N1CCN(c2ncnc3sccc23)CC1. The molecule has 3 heterocycles. The number of thiophene rings is 1. The number of nitrogens with one attached hydrogen (secondary N) is 1. The molecule has 2 unspecified atom stereocenters. The molecule has 1 amide bonds. The molecule has 1 aromatic carbocycles. The van der Waals surface area contributed by atoms with E-state index in [1.165, 1.54) is 11.1 Å². The van der Waals surface area contributed by atoms with Crippen LogP contribution in [0.25, 0.3) is 10.2 Å². The summed E-state index contributed by atoms with van der Waals surface area (Å²) in [4.78, 5) is 27.3. The average molecular weight is 410 g/mol. The highest BCUT2D eigenvalue weighted by Gasteiger charge is 2.27. The van der Waals surface area contributed by atoms with Crippen molar-refractivity contribution < 1.29 is 4.79 Å². The van der Waals surface area contributed by atoms with Crippen molar-refractivity contribution in [3.8, 4) is 0 Å². The van der Waals surface area contributed by atoms with E-state index < -0.39 is 0 Å². The number of aryl methyl sites for hydroxylation is 1. The van der Waals surface area contributed by atoms with Crippen molar-refractivity contribution in [2.24, 2.45) is 0 Å². The molecule has 0 spiro atoms. The van der Waals surface area contributed by atoms with E-state index in [0.29, 0.717) is 0 Å². The summed E-state index contributed by atoms with van der Waals surface area (Å²) in [5.74, 6) is 1.08. The summed E-state index contributed by atoms with van der Waals surface area (Å²) < 4.78 is 0. The summed E-state index contributed by atoms with van der Waals surface area (Å²) in [7, 11) is 0. The number of benzene rings is 1. The van der Waals surface area contributed by atoms with Crippen molar-refractivity contribution >= 4 is 33.3 Å². The molecule has 1 aliphatic rings. The van der Waals surface area contributed by atoms with Gasteiger partial charge >= 0.3 is 0 Å². The number of aromatic nitrogens is 2. The lowest BCUT2D eigenvalue weighted by Crippen LogP contribution is -2.54. The number of fused-ring (bicyclic) bond motifs is 1. The number of rotatable bonds is 5. The molecule has 152 valence electrons. The van der Waals surface area contributed by atoms with Crippen molar-refractivity contribution in [2.75, 3.05) is 31.1 Å². The molecule has 2 aromatic heterocycles. The van der Waals surface area contributed by atoms with Gasteiger partial charge in [-0.3, -0.25) is 9.69 Å². The highest BCUT2D eigenvalue weighted by atomic mass is 32.1. The fraction of sp³-hybridized carbons (Fsp3) is 0.409. The van der Waals surface area contributed by atoms with Crippen molar-refractivity contribution in [3.05, 3.63) is 53.2 Å². The molecule has 3 aromatic rings. The Labute approximate surface area is 175 Å². The Morgan fingerprint density at radius 2 is 1.86 bits per heavy atom. The number of amides is 1. The Morgan fingerprint density at radius 1 is 1.10 bits per heavy atom. The third-order valence-electron chi connectivity index (χ3n) is 5.80. The molecular weight excluding hydrogens is 382 g/mol. The van der Waals surface area contributed by atoms with Crippen molar-refractivity contribution in [2.45, 2.75) is 32.9 Å². The number of carbonyl (C=O) groups is 1. The van der Waals surface area contributed by atoms with Crippen LogP contribution in [0.2, 0.25) is 0 Å². The third-order valence-corrected chi connectivity index (χ3v) is 6.62. The topological polar surface area (TPSA) is 61.4 Å². The zero-order valence-corrected chi connectivity index (χ0v) is 17.9. The van der Waals surface area contributed by atoms with Gasteiger partial charge in [0.25, 0.3) is 0 Å². The quantitative estimate of drug-likeness (QED) is 0.700. The lowest BCUT2D eigenvalue weighted by Gasteiger charge is -2.38. The second kappa shape index (κ2) is 8.47. The van der Waals surface area contributed by atoms with E-state index >= 15 is 0 Å². The smallest absolute Gasteiger partial charge is 0.237 e. The summed E-state index contributed by atoms with van der Waals surface area (Å²) in [6.45, 7) is 9.51. The van der Waals surface area contributed by atoms with Crippen LogP contribution in [0.15, 0.2) is 42.0 Å². The average Bonchev–Trinajstić information content (AvgIpc) is 3.22. The molecule has 1 N–H and O–H groups in total. The van der Waals surface area contributed by atoms with Crippen LogP contribution in [0.4, 0.5) is 5.82 Å². The predicted molar refractivity (Wildman–Crippen MR) is 118 cm³/mol. The first kappa shape index (κ1) is 19.8. The maximum atomic E-state index is 12.8. The molecule has 0 aliphatic carbocycles. The maximum absolute atomic E-state index is 12.8. The number of hydrogen-bond acceptors (Lipinski definition) is 6. The monoisotopic (exact) mass is 409 g/mol. The van der Waals surface area contributed by atoms with Crippen LogP contribution in [0.3, 0.4) is 0 Å². The van der Waals surface area contributed by atoms with Crippen LogP contribution in [0.1, 0.15) is 31.0 Å². The Balaban J connectivity index is 1.36. The van der Waals surface area contributed by atoms with Gasteiger partial charge in [-0.05, 0) is 43.3 Å². The van der Waals surface area contributed by atoms with E-state index in [0.717, 1.165) is 42.2 Å². The van der Waals surface area contributed by atoms with Crippen LogP contribution < -0.4 is 10.2 Å². The van der Waals surface area contributed by atoms with Crippen molar-refractivity contribution in [1.29, 1.82) is 0 Å². The molecule has 0 saturated carbocycles. The summed E-state index contributed by atoms with van der Waals surface area (Å²) in [5.41, 5.74) is 2.37. The van der Waals surface area contributed by atoms with Crippen LogP contribution in [-0.4, -0.2) is 53.0 Å². The summed E-state index contributed by atoms with van der Waals surface area (Å²) in [6, 6.07) is 10.1. The fourth-order valence-electron chi connectivity index (χ4n) is 4.00. The van der Waals surface area contributed by atoms with Gasteiger partial charge in [0.2, 0.25) is 5.91 Å². The summed E-state index contributed by atoms with van der Waals surface area (Å²) in [5, 5.41) is 6.36. The van der Waals surface area contributed by atoms with Crippen molar-refractivity contribution in [3.63, 3.8) is 0 Å². The minimum Gasteiger partial charge on any atom is -0.353 e. The molecule has 1 fully saturated rings. The molecule has 1 saturated heterocycles. The number of hydrogen-bond donors (Lipinski definition) is 1.